The van der Waals surface area contributed by atoms with E-state index in [4.69, 9.17) is 15.2 Å². The van der Waals surface area contributed by atoms with Gasteiger partial charge in [-0.3, -0.25) is 9.59 Å². The highest BCUT2D eigenvalue weighted by atomic mass is 16.5. The largest absolute Gasteiger partial charge is 0.496 e. The van der Waals surface area contributed by atoms with Crippen LogP contribution in [0.4, 0.5) is 5.69 Å². The SMILES string of the molecule is COCCNC(=O)CN(C)C(=O)c1cc(N)ccc1OC. The van der Waals surface area contributed by atoms with E-state index in [0.717, 1.165) is 0 Å². The number of carbonyl (C=O) groups excluding carboxylic acids is 2. The van der Waals surface area contributed by atoms with Crippen molar-refractivity contribution < 1.29 is 19.1 Å². The van der Waals surface area contributed by atoms with Crippen LogP contribution in [0, 0.1) is 0 Å². The fraction of sp³-hybridized carbons (Fsp3) is 0.429. The smallest absolute Gasteiger partial charge is 0.257 e. The summed E-state index contributed by atoms with van der Waals surface area (Å²) in [5.74, 6) is -0.173. The molecule has 0 saturated carbocycles. The first-order chi connectivity index (χ1) is 9.99. The Morgan fingerprint density at radius 3 is 2.67 bits per heavy atom. The summed E-state index contributed by atoms with van der Waals surface area (Å²) in [4.78, 5) is 25.3. The summed E-state index contributed by atoms with van der Waals surface area (Å²) < 4.78 is 9.97. The third kappa shape index (κ3) is 4.96. The molecular formula is C14H21N3O4. The summed E-state index contributed by atoms with van der Waals surface area (Å²) in [7, 11) is 4.56. The number of anilines is 1. The number of methoxy groups -OCH3 is 2. The molecule has 3 N–H and O–H groups in total. The molecule has 116 valence electrons. The van der Waals surface area contributed by atoms with Crippen LogP contribution in [0.25, 0.3) is 0 Å². The minimum atomic E-state index is -0.332. The van der Waals surface area contributed by atoms with Crippen molar-refractivity contribution in [2.75, 3.05) is 46.7 Å². The summed E-state index contributed by atoms with van der Waals surface area (Å²) in [6.45, 7) is 0.770. The van der Waals surface area contributed by atoms with E-state index in [1.807, 2.05) is 0 Å². The molecule has 21 heavy (non-hydrogen) atoms. The number of benzene rings is 1. The lowest BCUT2D eigenvalue weighted by atomic mass is 10.1. The van der Waals surface area contributed by atoms with Gasteiger partial charge in [-0.15, -0.1) is 0 Å². The first-order valence-corrected chi connectivity index (χ1v) is 6.44. The van der Waals surface area contributed by atoms with E-state index in [9.17, 15) is 9.59 Å². The van der Waals surface area contributed by atoms with E-state index in [1.54, 1.807) is 26.3 Å². The zero-order valence-corrected chi connectivity index (χ0v) is 12.5. The zero-order chi connectivity index (χ0) is 15.8. The number of nitrogen functional groups attached to an aromatic ring is 1. The monoisotopic (exact) mass is 295 g/mol. The fourth-order valence-electron chi connectivity index (χ4n) is 1.73. The summed E-state index contributed by atoms with van der Waals surface area (Å²) in [5, 5.41) is 2.65. The Labute approximate surface area is 124 Å². The van der Waals surface area contributed by atoms with Crippen LogP contribution in [0.3, 0.4) is 0 Å². The molecule has 0 aliphatic carbocycles. The van der Waals surface area contributed by atoms with E-state index in [1.165, 1.54) is 18.1 Å². The first-order valence-electron chi connectivity index (χ1n) is 6.44. The van der Waals surface area contributed by atoms with E-state index in [2.05, 4.69) is 5.32 Å². The van der Waals surface area contributed by atoms with Crippen molar-refractivity contribution in [2.24, 2.45) is 0 Å². The highest BCUT2D eigenvalue weighted by Gasteiger charge is 2.18. The van der Waals surface area contributed by atoms with Crippen LogP contribution < -0.4 is 15.8 Å². The Morgan fingerprint density at radius 1 is 1.33 bits per heavy atom. The van der Waals surface area contributed by atoms with E-state index >= 15 is 0 Å². The van der Waals surface area contributed by atoms with Crippen LogP contribution in [0.1, 0.15) is 10.4 Å². The second-order valence-corrected chi connectivity index (χ2v) is 4.46. The van der Waals surface area contributed by atoms with Gasteiger partial charge < -0.3 is 25.4 Å². The lowest BCUT2D eigenvalue weighted by Crippen LogP contribution is -2.39. The first kappa shape index (κ1) is 16.8. The average molecular weight is 295 g/mol. The maximum Gasteiger partial charge on any atom is 0.257 e. The third-order valence-electron chi connectivity index (χ3n) is 2.81. The predicted molar refractivity (Wildman–Crippen MR) is 79.3 cm³/mol. The van der Waals surface area contributed by atoms with Crippen LogP contribution >= 0.6 is 0 Å². The Bertz CT molecular complexity index is 505. The van der Waals surface area contributed by atoms with E-state index in [-0.39, 0.29) is 18.4 Å². The van der Waals surface area contributed by atoms with Gasteiger partial charge in [0.2, 0.25) is 5.91 Å². The molecule has 0 fully saturated rings. The molecule has 0 heterocycles. The topological polar surface area (TPSA) is 93.9 Å². The van der Waals surface area contributed by atoms with Crippen molar-refractivity contribution >= 4 is 17.5 Å². The molecule has 0 saturated heterocycles. The number of carbonyl (C=O) groups is 2. The zero-order valence-electron chi connectivity index (χ0n) is 12.5. The van der Waals surface area contributed by atoms with Gasteiger partial charge in [0, 0.05) is 26.4 Å². The molecule has 0 aliphatic rings. The van der Waals surface area contributed by atoms with Gasteiger partial charge in [0.15, 0.2) is 0 Å². The molecule has 7 nitrogen and oxygen atoms in total. The van der Waals surface area contributed by atoms with Crippen LogP contribution in [0.5, 0.6) is 5.75 Å². The molecule has 0 aromatic heterocycles. The molecule has 0 atom stereocenters. The molecule has 7 heteroatoms. The van der Waals surface area contributed by atoms with Crippen molar-refractivity contribution in [3.05, 3.63) is 23.8 Å². The fourth-order valence-corrected chi connectivity index (χ4v) is 1.73. The summed E-state index contributed by atoms with van der Waals surface area (Å²) in [5.41, 5.74) is 6.46. The number of likely N-dealkylation sites (N-methyl/N-ethyl adjacent to an activating group) is 1. The number of amides is 2. The Hall–Kier alpha value is -2.28. The van der Waals surface area contributed by atoms with Gasteiger partial charge in [0.25, 0.3) is 5.91 Å². The van der Waals surface area contributed by atoms with Crippen LogP contribution in [-0.4, -0.2) is 57.7 Å². The van der Waals surface area contributed by atoms with Crippen LogP contribution in [-0.2, 0) is 9.53 Å². The van der Waals surface area contributed by atoms with Gasteiger partial charge in [-0.25, -0.2) is 0 Å². The second-order valence-electron chi connectivity index (χ2n) is 4.46. The van der Waals surface area contributed by atoms with Gasteiger partial charge in [0.1, 0.15) is 5.75 Å². The maximum absolute atomic E-state index is 12.3. The van der Waals surface area contributed by atoms with Gasteiger partial charge in [-0.05, 0) is 18.2 Å². The quantitative estimate of drug-likeness (QED) is 0.550. The number of hydrogen-bond acceptors (Lipinski definition) is 5. The summed E-state index contributed by atoms with van der Waals surface area (Å²) in [6, 6.07) is 4.79. The minimum absolute atomic E-state index is 0.0551. The van der Waals surface area contributed by atoms with Gasteiger partial charge in [-0.2, -0.15) is 0 Å². The Balaban J connectivity index is 2.70. The van der Waals surface area contributed by atoms with Gasteiger partial charge >= 0.3 is 0 Å². The number of nitrogens with zero attached hydrogens (tertiary/aromatic N) is 1. The van der Waals surface area contributed by atoms with Gasteiger partial charge in [-0.1, -0.05) is 0 Å². The molecule has 0 radical (unpaired) electrons. The lowest BCUT2D eigenvalue weighted by Gasteiger charge is -2.18. The average Bonchev–Trinajstić information content (AvgIpc) is 2.46. The highest BCUT2D eigenvalue weighted by molar-refractivity contribution is 5.99. The molecule has 1 aromatic rings. The standard InChI is InChI=1S/C14H21N3O4/c1-17(9-13(18)16-6-7-20-2)14(19)11-8-10(15)4-5-12(11)21-3/h4-5,8H,6-7,9,15H2,1-3H3,(H,16,18). The van der Waals surface area contributed by atoms with Crippen LogP contribution in [0.15, 0.2) is 18.2 Å². The van der Waals surface area contributed by atoms with E-state index < -0.39 is 0 Å². The number of ether oxygens (including phenoxy) is 2. The molecule has 0 spiro atoms. The van der Waals surface area contributed by atoms with Crippen molar-refractivity contribution in [3.63, 3.8) is 0 Å². The van der Waals surface area contributed by atoms with Crippen molar-refractivity contribution in [3.8, 4) is 5.75 Å². The molecular weight excluding hydrogens is 274 g/mol. The van der Waals surface area contributed by atoms with Gasteiger partial charge in [0.05, 0.1) is 25.8 Å². The third-order valence-corrected chi connectivity index (χ3v) is 2.81. The maximum atomic E-state index is 12.3. The van der Waals surface area contributed by atoms with Crippen molar-refractivity contribution in [2.45, 2.75) is 0 Å². The lowest BCUT2D eigenvalue weighted by molar-refractivity contribution is -0.121. The molecule has 2 amide bonds. The molecule has 0 unspecified atom stereocenters. The Morgan fingerprint density at radius 2 is 2.05 bits per heavy atom. The highest BCUT2D eigenvalue weighted by Crippen LogP contribution is 2.22. The molecule has 1 aromatic carbocycles. The van der Waals surface area contributed by atoms with E-state index in [0.29, 0.717) is 30.2 Å². The second kappa shape index (κ2) is 8.11. The number of nitrogens with two attached hydrogens (primary N) is 1. The summed E-state index contributed by atoms with van der Waals surface area (Å²) in [6.07, 6.45) is 0. The van der Waals surface area contributed by atoms with Crippen LogP contribution in [0.2, 0.25) is 0 Å². The minimum Gasteiger partial charge on any atom is -0.496 e. The molecule has 0 bridgehead atoms. The molecule has 0 aliphatic heterocycles. The number of hydrogen-bond donors (Lipinski definition) is 2. The predicted octanol–water partition coefficient (Wildman–Crippen LogP) is 0.112. The van der Waals surface area contributed by atoms with Crippen molar-refractivity contribution in [1.29, 1.82) is 0 Å². The van der Waals surface area contributed by atoms with Crippen molar-refractivity contribution in [1.82, 2.24) is 10.2 Å². The Kier molecular flexibility index (Phi) is 6.48. The summed E-state index contributed by atoms with van der Waals surface area (Å²) >= 11 is 0. The number of nitrogens with one attached hydrogen (secondary N) is 1. The normalized spacial score (nSPS) is 10.0. The number of rotatable bonds is 7. The molecule has 1 rings (SSSR count).